The van der Waals surface area contributed by atoms with Crippen molar-refractivity contribution in [2.24, 2.45) is 5.92 Å². The summed E-state index contributed by atoms with van der Waals surface area (Å²) >= 11 is 0. The topological polar surface area (TPSA) is 104 Å². The maximum absolute atomic E-state index is 9.55. The third-order valence-electron chi connectivity index (χ3n) is 5.80. The molecule has 0 bridgehead atoms. The van der Waals surface area contributed by atoms with Gasteiger partial charge in [-0.15, -0.1) is 0 Å². The summed E-state index contributed by atoms with van der Waals surface area (Å²) in [6.07, 6.45) is 7.31. The second-order valence-electron chi connectivity index (χ2n) is 8.23. The largest absolute Gasteiger partial charge is 0.478 e. The van der Waals surface area contributed by atoms with Gasteiger partial charge >= 0.3 is 11.9 Å². The Bertz CT molecular complexity index is 1040. The molecule has 1 aliphatic heterocycles. The van der Waals surface area contributed by atoms with Crippen LogP contribution in [0.2, 0.25) is 0 Å². The lowest BCUT2D eigenvalue weighted by Gasteiger charge is -2.32. The van der Waals surface area contributed by atoms with Gasteiger partial charge in [-0.3, -0.25) is 4.90 Å². The number of carboxylic acids is 2. The first-order chi connectivity index (χ1) is 16.0. The van der Waals surface area contributed by atoms with Gasteiger partial charge in [0.15, 0.2) is 5.58 Å². The van der Waals surface area contributed by atoms with Crippen molar-refractivity contribution in [3.05, 3.63) is 78.0 Å². The van der Waals surface area contributed by atoms with Crippen LogP contribution in [0.4, 0.5) is 0 Å². The highest BCUT2D eigenvalue weighted by Gasteiger charge is 2.19. The SMILES string of the molecule is O=C(O)/C=C\C(=O)O.c1ccc(CN2CCC(CCCc3noc4ccccc34)CC2)cc1. The number of nitrogens with zero attached hydrogens (tertiary/aromatic N) is 2. The van der Waals surface area contributed by atoms with E-state index in [1.807, 2.05) is 12.1 Å². The summed E-state index contributed by atoms with van der Waals surface area (Å²) in [6, 6.07) is 19.0. The van der Waals surface area contributed by atoms with E-state index in [0.29, 0.717) is 12.2 Å². The van der Waals surface area contributed by atoms with Crippen LogP contribution < -0.4 is 0 Å². The smallest absolute Gasteiger partial charge is 0.328 e. The number of piperidine rings is 1. The molecule has 2 aromatic carbocycles. The van der Waals surface area contributed by atoms with Gasteiger partial charge in [-0.2, -0.15) is 0 Å². The van der Waals surface area contributed by atoms with E-state index in [1.165, 1.54) is 49.7 Å². The second kappa shape index (κ2) is 12.6. The maximum Gasteiger partial charge on any atom is 0.328 e. The van der Waals surface area contributed by atoms with Crippen molar-refractivity contribution < 1.29 is 24.3 Å². The lowest BCUT2D eigenvalue weighted by molar-refractivity contribution is -0.134. The number of fused-ring (bicyclic) bond motifs is 1. The van der Waals surface area contributed by atoms with Gasteiger partial charge in [-0.1, -0.05) is 47.6 Å². The fraction of sp³-hybridized carbons (Fsp3) is 0.346. The monoisotopic (exact) mass is 450 g/mol. The summed E-state index contributed by atoms with van der Waals surface area (Å²) in [7, 11) is 0. The minimum absolute atomic E-state index is 0.558. The lowest BCUT2D eigenvalue weighted by Crippen LogP contribution is -2.33. The molecule has 7 nitrogen and oxygen atoms in total. The Labute approximate surface area is 193 Å². The first-order valence-electron chi connectivity index (χ1n) is 11.2. The molecule has 1 aromatic heterocycles. The number of benzene rings is 2. The highest BCUT2D eigenvalue weighted by molar-refractivity contribution is 5.89. The molecule has 174 valence electrons. The fourth-order valence-corrected chi connectivity index (χ4v) is 4.09. The van der Waals surface area contributed by atoms with Crippen molar-refractivity contribution in [1.82, 2.24) is 10.1 Å². The van der Waals surface area contributed by atoms with Crippen LogP contribution in [0.1, 0.15) is 36.9 Å². The van der Waals surface area contributed by atoms with Gasteiger partial charge in [0.2, 0.25) is 0 Å². The minimum atomic E-state index is -1.26. The number of rotatable bonds is 8. The molecular formula is C26H30N2O5. The van der Waals surface area contributed by atoms with Crippen LogP contribution in [0, 0.1) is 5.92 Å². The van der Waals surface area contributed by atoms with E-state index in [-0.39, 0.29) is 0 Å². The van der Waals surface area contributed by atoms with Crippen molar-refractivity contribution in [2.45, 2.75) is 38.6 Å². The molecule has 2 heterocycles. The molecule has 0 radical (unpaired) electrons. The zero-order valence-corrected chi connectivity index (χ0v) is 18.6. The third-order valence-corrected chi connectivity index (χ3v) is 5.80. The lowest BCUT2D eigenvalue weighted by atomic mass is 9.91. The van der Waals surface area contributed by atoms with Crippen molar-refractivity contribution in [3.63, 3.8) is 0 Å². The van der Waals surface area contributed by atoms with Gasteiger partial charge in [0, 0.05) is 24.1 Å². The molecule has 0 atom stereocenters. The Morgan fingerprint density at radius 1 is 0.970 bits per heavy atom. The number of carboxylic acid groups (broad SMARTS) is 2. The molecule has 2 N–H and O–H groups in total. The summed E-state index contributed by atoms with van der Waals surface area (Å²) < 4.78 is 5.41. The first-order valence-corrected chi connectivity index (χ1v) is 11.2. The van der Waals surface area contributed by atoms with Crippen molar-refractivity contribution in [3.8, 4) is 0 Å². The van der Waals surface area contributed by atoms with Gasteiger partial charge in [0.05, 0.1) is 5.69 Å². The van der Waals surface area contributed by atoms with Gasteiger partial charge < -0.3 is 14.7 Å². The molecule has 7 heteroatoms. The van der Waals surface area contributed by atoms with Crippen molar-refractivity contribution in [1.29, 1.82) is 0 Å². The van der Waals surface area contributed by atoms with Crippen LogP contribution >= 0.6 is 0 Å². The average molecular weight is 451 g/mol. The third kappa shape index (κ3) is 8.20. The molecule has 1 fully saturated rings. The fourth-order valence-electron chi connectivity index (χ4n) is 4.09. The van der Waals surface area contributed by atoms with E-state index in [1.54, 1.807) is 0 Å². The van der Waals surface area contributed by atoms with Crippen LogP contribution in [0.5, 0.6) is 0 Å². The van der Waals surface area contributed by atoms with Gasteiger partial charge in [-0.05, 0) is 68.8 Å². The number of hydrogen-bond donors (Lipinski definition) is 2. The van der Waals surface area contributed by atoms with Gasteiger partial charge in [0.1, 0.15) is 0 Å². The van der Waals surface area contributed by atoms with Crippen molar-refractivity contribution in [2.75, 3.05) is 13.1 Å². The Morgan fingerprint density at radius 3 is 2.27 bits per heavy atom. The minimum Gasteiger partial charge on any atom is -0.478 e. The molecule has 0 saturated carbocycles. The van der Waals surface area contributed by atoms with Gasteiger partial charge in [-0.25, -0.2) is 9.59 Å². The molecule has 0 aliphatic carbocycles. The highest BCUT2D eigenvalue weighted by Crippen LogP contribution is 2.25. The second-order valence-corrected chi connectivity index (χ2v) is 8.23. The van der Waals surface area contributed by atoms with Crippen LogP contribution in [-0.2, 0) is 22.6 Å². The van der Waals surface area contributed by atoms with E-state index in [0.717, 1.165) is 30.2 Å². The van der Waals surface area contributed by atoms with Crippen molar-refractivity contribution >= 4 is 22.9 Å². The number of aromatic nitrogens is 1. The molecular weight excluding hydrogens is 420 g/mol. The predicted octanol–water partition coefficient (Wildman–Crippen LogP) is 4.77. The predicted molar refractivity (Wildman–Crippen MR) is 126 cm³/mol. The molecule has 3 aromatic rings. The van der Waals surface area contributed by atoms with Crippen LogP contribution in [0.15, 0.2) is 71.3 Å². The number of carbonyl (C=O) groups is 2. The number of hydrogen-bond acceptors (Lipinski definition) is 5. The molecule has 0 amide bonds. The van der Waals surface area contributed by atoms with Crippen LogP contribution in [0.3, 0.4) is 0 Å². The normalized spacial score (nSPS) is 14.8. The zero-order chi connectivity index (χ0) is 23.5. The summed E-state index contributed by atoms with van der Waals surface area (Å²) in [5.41, 5.74) is 3.46. The first kappa shape index (κ1) is 24.2. The summed E-state index contributed by atoms with van der Waals surface area (Å²) in [4.78, 5) is 21.7. The number of para-hydroxylation sites is 1. The van der Waals surface area contributed by atoms with Crippen LogP contribution in [0.25, 0.3) is 11.0 Å². The molecule has 4 rings (SSSR count). The Morgan fingerprint density at radius 2 is 1.61 bits per heavy atom. The number of aliphatic carboxylic acids is 2. The Kier molecular flexibility index (Phi) is 9.20. The molecule has 0 unspecified atom stereocenters. The van der Waals surface area contributed by atoms with Crippen LogP contribution in [-0.4, -0.2) is 45.3 Å². The Hall–Kier alpha value is -3.45. The highest BCUT2D eigenvalue weighted by atomic mass is 16.5. The molecule has 33 heavy (non-hydrogen) atoms. The average Bonchev–Trinajstić information content (AvgIpc) is 3.23. The molecule has 0 spiro atoms. The number of likely N-dealkylation sites (tertiary alicyclic amines) is 1. The van der Waals surface area contributed by atoms with E-state index in [9.17, 15) is 9.59 Å². The zero-order valence-electron chi connectivity index (χ0n) is 18.6. The van der Waals surface area contributed by atoms with E-state index < -0.39 is 11.9 Å². The van der Waals surface area contributed by atoms with E-state index >= 15 is 0 Å². The molecule has 1 aliphatic rings. The van der Waals surface area contributed by atoms with E-state index in [4.69, 9.17) is 14.7 Å². The quantitative estimate of drug-likeness (QED) is 0.476. The molecule has 1 saturated heterocycles. The van der Waals surface area contributed by atoms with Gasteiger partial charge in [0.25, 0.3) is 0 Å². The maximum atomic E-state index is 9.55. The van der Waals surface area contributed by atoms with E-state index in [2.05, 4.69) is 52.5 Å². The summed E-state index contributed by atoms with van der Waals surface area (Å²) in [6.45, 7) is 3.55. The standard InChI is InChI=1S/C22H26N2O.C4H4O4/c1-2-7-19(8-3-1)17-24-15-13-18(14-16-24)9-6-11-21-20-10-4-5-12-22(20)25-23-21;5-3(6)1-2-4(7)8/h1-5,7-8,10,12,18H,6,9,11,13-17H2;1-2H,(H,5,6)(H,7,8)/b;2-1-. The number of aryl methyl sites for hydroxylation is 1. The summed E-state index contributed by atoms with van der Waals surface area (Å²) in [5.74, 6) is -1.65. The Balaban J connectivity index is 0.000000331. The summed E-state index contributed by atoms with van der Waals surface area (Å²) in [5, 5.41) is 21.1.